The summed E-state index contributed by atoms with van der Waals surface area (Å²) in [4.78, 5) is 12.2. The van der Waals surface area contributed by atoms with E-state index in [0.717, 1.165) is 25.3 Å². The second kappa shape index (κ2) is 7.10. The van der Waals surface area contributed by atoms with Crippen molar-refractivity contribution < 1.29 is 9.53 Å². The van der Waals surface area contributed by atoms with Gasteiger partial charge < -0.3 is 15.4 Å². The van der Waals surface area contributed by atoms with Crippen LogP contribution in [0.1, 0.15) is 23.7 Å². The molecule has 1 aliphatic rings. The van der Waals surface area contributed by atoms with Crippen molar-refractivity contribution in [2.75, 3.05) is 19.7 Å². The molecule has 0 aliphatic carbocycles. The van der Waals surface area contributed by atoms with Crippen LogP contribution in [0.25, 0.3) is 0 Å². The van der Waals surface area contributed by atoms with Gasteiger partial charge in [-0.25, -0.2) is 0 Å². The molecule has 1 aromatic carbocycles. The Hall–Kier alpha value is -1.81. The Kier molecular flexibility index (Phi) is 5.18. The molecule has 4 heteroatoms. The van der Waals surface area contributed by atoms with Crippen LogP contribution in [0, 0.1) is 5.92 Å². The topological polar surface area (TPSA) is 50.4 Å². The van der Waals surface area contributed by atoms with Gasteiger partial charge in [-0.15, -0.1) is 0 Å². The van der Waals surface area contributed by atoms with Crippen LogP contribution in [0.2, 0.25) is 0 Å². The van der Waals surface area contributed by atoms with E-state index < -0.39 is 0 Å². The number of carbonyl (C=O) groups is 1. The number of hydrogen-bond acceptors (Lipinski definition) is 3. The van der Waals surface area contributed by atoms with Gasteiger partial charge in [0.1, 0.15) is 12.4 Å². The van der Waals surface area contributed by atoms with Crippen LogP contribution in [0.5, 0.6) is 5.75 Å². The number of nitrogens with one attached hydrogen (secondary N) is 2. The molecule has 0 aromatic heterocycles. The van der Waals surface area contributed by atoms with Crippen LogP contribution in [0.15, 0.2) is 36.9 Å². The number of piperidine rings is 1. The highest BCUT2D eigenvalue weighted by molar-refractivity contribution is 5.94. The molecule has 1 saturated heterocycles. The maximum Gasteiger partial charge on any atom is 0.251 e. The van der Waals surface area contributed by atoms with E-state index in [4.69, 9.17) is 4.74 Å². The maximum absolute atomic E-state index is 12.2. The fourth-order valence-corrected chi connectivity index (χ4v) is 2.34. The first-order valence-corrected chi connectivity index (χ1v) is 7.06. The van der Waals surface area contributed by atoms with Gasteiger partial charge in [0, 0.05) is 11.6 Å². The summed E-state index contributed by atoms with van der Waals surface area (Å²) < 4.78 is 5.40. The zero-order chi connectivity index (χ0) is 14.4. The van der Waals surface area contributed by atoms with Crippen LogP contribution in [0.3, 0.4) is 0 Å². The SMILES string of the molecule is C=CCOc1ccc(C(=O)NC2CCNCC2C)cc1. The van der Waals surface area contributed by atoms with E-state index in [0.29, 0.717) is 18.1 Å². The Balaban J connectivity index is 1.93. The van der Waals surface area contributed by atoms with Crippen molar-refractivity contribution in [1.29, 1.82) is 0 Å². The van der Waals surface area contributed by atoms with E-state index >= 15 is 0 Å². The van der Waals surface area contributed by atoms with Gasteiger partial charge in [-0.2, -0.15) is 0 Å². The largest absolute Gasteiger partial charge is 0.490 e. The number of ether oxygens (including phenoxy) is 1. The first-order valence-electron chi connectivity index (χ1n) is 7.06. The van der Waals surface area contributed by atoms with Crippen LogP contribution in [-0.4, -0.2) is 31.6 Å². The summed E-state index contributed by atoms with van der Waals surface area (Å²) in [6.45, 7) is 8.15. The minimum absolute atomic E-state index is 0.0148. The number of rotatable bonds is 5. The average Bonchev–Trinajstić information content (AvgIpc) is 2.48. The van der Waals surface area contributed by atoms with Crippen molar-refractivity contribution in [2.24, 2.45) is 5.92 Å². The van der Waals surface area contributed by atoms with Gasteiger partial charge in [0.25, 0.3) is 5.91 Å². The van der Waals surface area contributed by atoms with Gasteiger partial charge in [-0.3, -0.25) is 4.79 Å². The van der Waals surface area contributed by atoms with Crippen molar-refractivity contribution in [2.45, 2.75) is 19.4 Å². The zero-order valence-electron chi connectivity index (χ0n) is 11.9. The summed E-state index contributed by atoms with van der Waals surface area (Å²) in [6.07, 6.45) is 2.67. The maximum atomic E-state index is 12.2. The summed E-state index contributed by atoms with van der Waals surface area (Å²) in [5.41, 5.74) is 0.668. The lowest BCUT2D eigenvalue weighted by Crippen LogP contribution is -2.48. The molecule has 1 fully saturated rings. The molecule has 108 valence electrons. The summed E-state index contributed by atoms with van der Waals surface area (Å²) in [5.74, 6) is 1.19. The molecule has 4 nitrogen and oxygen atoms in total. The first-order chi connectivity index (χ1) is 9.70. The van der Waals surface area contributed by atoms with E-state index in [1.807, 2.05) is 12.1 Å². The fourth-order valence-electron chi connectivity index (χ4n) is 2.34. The second-order valence-corrected chi connectivity index (χ2v) is 5.17. The molecule has 0 bridgehead atoms. The summed E-state index contributed by atoms with van der Waals surface area (Å²) in [5, 5.41) is 6.44. The normalized spacial score (nSPS) is 22.1. The Labute approximate surface area is 120 Å². The third-order valence-electron chi connectivity index (χ3n) is 3.59. The molecule has 2 atom stereocenters. The molecule has 20 heavy (non-hydrogen) atoms. The van der Waals surface area contributed by atoms with Crippen LogP contribution < -0.4 is 15.4 Å². The monoisotopic (exact) mass is 274 g/mol. The standard InChI is InChI=1S/C16H22N2O2/c1-3-10-20-14-6-4-13(5-7-14)16(19)18-15-8-9-17-11-12(15)2/h3-7,12,15,17H,1,8-11H2,2H3,(H,18,19). The number of benzene rings is 1. The smallest absolute Gasteiger partial charge is 0.251 e. The quantitative estimate of drug-likeness (QED) is 0.807. The van der Waals surface area contributed by atoms with Gasteiger partial charge in [0.05, 0.1) is 0 Å². The Morgan fingerprint density at radius 3 is 2.90 bits per heavy atom. The van der Waals surface area contributed by atoms with Gasteiger partial charge in [-0.1, -0.05) is 19.6 Å². The molecular weight excluding hydrogens is 252 g/mol. The van der Waals surface area contributed by atoms with E-state index in [1.54, 1.807) is 18.2 Å². The van der Waals surface area contributed by atoms with Gasteiger partial charge >= 0.3 is 0 Å². The Morgan fingerprint density at radius 1 is 1.50 bits per heavy atom. The van der Waals surface area contributed by atoms with Crippen molar-refractivity contribution >= 4 is 5.91 Å². The third kappa shape index (κ3) is 3.84. The van der Waals surface area contributed by atoms with Crippen molar-refractivity contribution in [3.63, 3.8) is 0 Å². The van der Waals surface area contributed by atoms with E-state index in [-0.39, 0.29) is 11.9 Å². The zero-order valence-corrected chi connectivity index (χ0v) is 11.9. The minimum Gasteiger partial charge on any atom is -0.490 e. The predicted molar refractivity (Wildman–Crippen MR) is 80.0 cm³/mol. The number of amides is 1. The van der Waals surface area contributed by atoms with Gasteiger partial charge in [0.15, 0.2) is 0 Å². The Morgan fingerprint density at radius 2 is 2.25 bits per heavy atom. The molecule has 1 aromatic rings. The number of hydrogen-bond donors (Lipinski definition) is 2. The molecule has 0 radical (unpaired) electrons. The molecule has 0 spiro atoms. The minimum atomic E-state index is -0.0148. The lowest BCUT2D eigenvalue weighted by molar-refractivity contribution is 0.0914. The first kappa shape index (κ1) is 14.6. The van der Waals surface area contributed by atoms with Crippen molar-refractivity contribution in [1.82, 2.24) is 10.6 Å². The summed E-state index contributed by atoms with van der Waals surface area (Å²) in [6, 6.07) is 7.45. The van der Waals surface area contributed by atoms with E-state index in [1.165, 1.54) is 0 Å². The highest BCUT2D eigenvalue weighted by atomic mass is 16.5. The molecule has 2 N–H and O–H groups in total. The van der Waals surface area contributed by atoms with Crippen LogP contribution in [-0.2, 0) is 0 Å². The predicted octanol–water partition coefficient (Wildman–Crippen LogP) is 1.98. The molecule has 2 unspecified atom stereocenters. The van der Waals surface area contributed by atoms with Gasteiger partial charge in [0.2, 0.25) is 0 Å². The molecule has 1 amide bonds. The lowest BCUT2D eigenvalue weighted by Gasteiger charge is -2.30. The molecular formula is C16H22N2O2. The second-order valence-electron chi connectivity index (χ2n) is 5.17. The molecule has 0 saturated carbocycles. The van der Waals surface area contributed by atoms with E-state index in [2.05, 4.69) is 24.1 Å². The Bertz CT molecular complexity index is 456. The summed E-state index contributed by atoms with van der Waals surface area (Å²) >= 11 is 0. The number of carbonyl (C=O) groups excluding carboxylic acids is 1. The van der Waals surface area contributed by atoms with Crippen molar-refractivity contribution in [3.05, 3.63) is 42.5 Å². The molecule has 2 rings (SSSR count). The molecule has 1 heterocycles. The highest BCUT2D eigenvalue weighted by Crippen LogP contribution is 2.14. The summed E-state index contributed by atoms with van der Waals surface area (Å²) in [7, 11) is 0. The highest BCUT2D eigenvalue weighted by Gasteiger charge is 2.22. The van der Waals surface area contributed by atoms with Crippen LogP contribution in [0.4, 0.5) is 0 Å². The van der Waals surface area contributed by atoms with Gasteiger partial charge in [-0.05, 0) is 49.7 Å². The van der Waals surface area contributed by atoms with Crippen molar-refractivity contribution in [3.8, 4) is 5.75 Å². The fraction of sp³-hybridized carbons (Fsp3) is 0.438. The van der Waals surface area contributed by atoms with E-state index in [9.17, 15) is 4.79 Å². The third-order valence-corrected chi connectivity index (χ3v) is 3.59. The lowest BCUT2D eigenvalue weighted by atomic mass is 9.95. The molecule has 1 aliphatic heterocycles. The average molecular weight is 274 g/mol. The van der Waals surface area contributed by atoms with Crippen LogP contribution >= 0.6 is 0 Å².